The summed E-state index contributed by atoms with van der Waals surface area (Å²) >= 11 is 5.82. The fraction of sp³-hybridized carbons (Fsp3) is 0.500. The number of hydrogen-bond donors (Lipinski definition) is 2. The van der Waals surface area contributed by atoms with Crippen LogP contribution in [-0.4, -0.2) is 18.1 Å². The maximum absolute atomic E-state index is 5.82. The molecular weight excluding hydrogens is 214 g/mol. The third kappa shape index (κ3) is 3.57. The molecule has 0 saturated heterocycles. The first-order valence-corrected chi connectivity index (χ1v) is 5.26. The zero-order valence-electron chi connectivity index (χ0n) is 9.17. The van der Waals surface area contributed by atoms with Crippen LogP contribution in [0.4, 0.5) is 11.4 Å². The van der Waals surface area contributed by atoms with Crippen molar-refractivity contribution in [2.75, 3.05) is 17.9 Å². The first kappa shape index (κ1) is 12.1. The smallest absolute Gasteiger partial charge is 0.131 e. The van der Waals surface area contributed by atoms with Gasteiger partial charge >= 0.3 is 0 Å². The Morgan fingerprint density at radius 1 is 1.53 bits per heavy atom. The van der Waals surface area contributed by atoms with Gasteiger partial charge < -0.3 is 5.32 Å². The topological polar surface area (TPSA) is 46.2 Å². The van der Waals surface area contributed by atoms with Crippen molar-refractivity contribution in [3.05, 3.63) is 17.4 Å². The molecule has 0 saturated carbocycles. The second kappa shape index (κ2) is 5.78. The molecule has 84 valence electrons. The molecule has 0 aliphatic heterocycles. The summed E-state index contributed by atoms with van der Waals surface area (Å²) in [5.41, 5.74) is 4.42. The summed E-state index contributed by atoms with van der Waals surface area (Å²) in [4.78, 5) is 8.82. The summed E-state index contributed by atoms with van der Waals surface area (Å²) in [5.74, 6) is 0. The van der Waals surface area contributed by atoms with Crippen molar-refractivity contribution in [1.82, 2.24) is 4.98 Å². The normalized spacial score (nSPS) is 12.3. The Morgan fingerprint density at radius 3 is 2.87 bits per heavy atom. The third-order valence-electron chi connectivity index (χ3n) is 2.10. The van der Waals surface area contributed by atoms with Crippen LogP contribution in [-0.2, 0) is 4.84 Å². The van der Waals surface area contributed by atoms with Crippen LogP contribution in [0, 0.1) is 0 Å². The van der Waals surface area contributed by atoms with E-state index >= 15 is 0 Å². The SMILES string of the molecule is CCC(C)Nc1cc(Cl)ncc1NOC. The minimum Gasteiger partial charge on any atom is -0.381 e. The first-order valence-electron chi connectivity index (χ1n) is 4.88. The van der Waals surface area contributed by atoms with Gasteiger partial charge in [-0.15, -0.1) is 0 Å². The first-order chi connectivity index (χ1) is 7.17. The van der Waals surface area contributed by atoms with Gasteiger partial charge in [0.05, 0.1) is 19.0 Å². The molecule has 4 nitrogen and oxygen atoms in total. The van der Waals surface area contributed by atoms with Gasteiger partial charge in [-0.3, -0.25) is 10.3 Å². The molecule has 0 fully saturated rings. The minimum atomic E-state index is 0.376. The van der Waals surface area contributed by atoms with Crippen molar-refractivity contribution < 1.29 is 4.84 Å². The molecule has 0 aliphatic rings. The Bertz CT molecular complexity index is 320. The summed E-state index contributed by atoms with van der Waals surface area (Å²) in [6, 6.07) is 2.15. The summed E-state index contributed by atoms with van der Waals surface area (Å²) < 4.78 is 0. The number of pyridine rings is 1. The van der Waals surface area contributed by atoms with Crippen molar-refractivity contribution >= 4 is 23.0 Å². The van der Waals surface area contributed by atoms with Gasteiger partial charge in [-0.05, 0) is 13.3 Å². The van der Waals surface area contributed by atoms with E-state index < -0.39 is 0 Å². The zero-order chi connectivity index (χ0) is 11.3. The van der Waals surface area contributed by atoms with Crippen molar-refractivity contribution in [2.24, 2.45) is 0 Å². The molecule has 1 aromatic rings. The Labute approximate surface area is 94.9 Å². The van der Waals surface area contributed by atoms with E-state index in [0.717, 1.165) is 17.8 Å². The van der Waals surface area contributed by atoms with Gasteiger partial charge in [0.1, 0.15) is 10.8 Å². The highest BCUT2D eigenvalue weighted by molar-refractivity contribution is 6.29. The average Bonchev–Trinajstić information content (AvgIpc) is 2.22. The molecule has 2 N–H and O–H groups in total. The molecule has 0 aromatic carbocycles. The zero-order valence-corrected chi connectivity index (χ0v) is 9.93. The second-order valence-corrected chi connectivity index (χ2v) is 3.70. The van der Waals surface area contributed by atoms with Gasteiger partial charge in [-0.2, -0.15) is 0 Å². The highest BCUT2D eigenvalue weighted by Gasteiger charge is 2.06. The molecule has 1 aromatic heterocycles. The molecule has 1 atom stereocenters. The number of nitrogens with one attached hydrogen (secondary N) is 2. The van der Waals surface area contributed by atoms with Gasteiger partial charge in [-0.25, -0.2) is 4.98 Å². The fourth-order valence-electron chi connectivity index (χ4n) is 1.11. The van der Waals surface area contributed by atoms with Crippen molar-refractivity contribution in [2.45, 2.75) is 26.3 Å². The van der Waals surface area contributed by atoms with E-state index in [4.69, 9.17) is 16.4 Å². The van der Waals surface area contributed by atoms with E-state index in [1.807, 2.05) is 0 Å². The van der Waals surface area contributed by atoms with Crippen LogP contribution in [0.25, 0.3) is 0 Å². The Balaban J connectivity index is 2.86. The number of anilines is 2. The average molecular weight is 230 g/mol. The lowest BCUT2D eigenvalue weighted by atomic mass is 10.2. The largest absolute Gasteiger partial charge is 0.381 e. The monoisotopic (exact) mass is 229 g/mol. The van der Waals surface area contributed by atoms with E-state index in [9.17, 15) is 0 Å². The Kier molecular flexibility index (Phi) is 4.65. The molecule has 0 spiro atoms. The predicted octanol–water partition coefficient (Wildman–Crippen LogP) is 2.92. The van der Waals surface area contributed by atoms with Crippen LogP contribution in [0.1, 0.15) is 20.3 Å². The molecule has 1 rings (SSSR count). The van der Waals surface area contributed by atoms with Crippen LogP contribution < -0.4 is 10.8 Å². The van der Waals surface area contributed by atoms with Crippen LogP contribution >= 0.6 is 11.6 Å². The number of halogens is 1. The molecule has 0 amide bonds. The summed E-state index contributed by atoms with van der Waals surface area (Å²) in [5, 5.41) is 3.78. The van der Waals surface area contributed by atoms with Gasteiger partial charge in [0, 0.05) is 12.1 Å². The van der Waals surface area contributed by atoms with Crippen LogP contribution in [0.2, 0.25) is 5.15 Å². The quantitative estimate of drug-likeness (QED) is 0.602. The van der Waals surface area contributed by atoms with E-state index in [-0.39, 0.29) is 0 Å². The van der Waals surface area contributed by atoms with Crippen molar-refractivity contribution in [3.8, 4) is 0 Å². The lowest BCUT2D eigenvalue weighted by Gasteiger charge is -2.16. The number of nitrogens with zero attached hydrogens (tertiary/aromatic N) is 1. The molecule has 1 unspecified atom stereocenters. The summed E-state index contributed by atoms with van der Waals surface area (Å²) in [7, 11) is 1.56. The lowest BCUT2D eigenvalue weighted by molar-refractivity contribution is 0.271. The number of hydrogen-bond acceptors (Lipinski definition) is 4. The summed E-state index contributed by atoms with van der Waals surface area (Å²) in [6.45, 7) is 4.22. The van der Waals surface area contributed by atoms with Crippen LogP contribution in [0.5, 0.6) is 0 Å². The molecule has 15 heavy (non-hydrogen) atoms. The van der Waals surface area contributed by atoms with Crippen LogP contribution in [0.3, 0.4) is 0 Å². The number of aromatic nitrogens is 1. The van der Waals surface area contributed by atoms with E-state index in [1.165, 1.54) is 0 Å². The molecule has 0 radical (unpaired) electrons. The minimum absolute atomic E-state index is 0.376. The highest BCUT2D eigenvalue weighted by Crippen LogP contribution is 2.24. The van der Waals surface area contributed by atoms with Gasteiger partial charge in [0.25, 0.3) is 0 Å². The number of rotatable bonds is 5. The lowest BCUT2D eigenvalue weighted by Crippen LogP contribution is -2.15. The molecule has 0 bridgehead atoms. The van der Waals surface area contributed by atoms with Gasteiger partial charge in [0.15, 0.2) is 0 Å². The second-order valence-electron chi connectivity index (χ2n) is 3.31. The van der Waals surface area contributed by atoms with Gasteiger partial charge in [-0.1, -0.05) is 18.5 Å². The molecule has 0 aliphatic carbocycles. The maximum Gasteiger partial charge on any atom is 0.131 e. The van der Waals surface area contributed by atoms with E-state index in [0.29, 0.717) is 11.2 Å². The van der Waals surface area contributed by atoms with Gasteiger partial charge in [0.2, 0.25) is 0 Å². The van der Waals surface area contributed by atoms with E-state index in [1.54, 1.807) is 19.4 Å². The van der Waals surface area contributed by atoms with E-state index in [2.05, 4.69) is 29.6 Å². The standard InChI is InChI=1S/C10H16ClN3O/c1-4-7(2)13-8-5-10(11)12-6-9(8)14-15-3/h5-7,14H,4H2,1-3H3,(H,12,13). The highest BCUT2D eigenvalue weighted by atomic mass is 35.5. The predicted molar refractivity (Wildman–Crippen MR) is 63.3 cm³/mol. The van der Waals surface area contributed by atoms with Crippen LogP contribution in [0.15, 0.2) is 12.3 Å². The maximum atomic E-state index is 5.82. The summed E-state index contributed by atoms with van der Waals surface area (Å²) in [6.07, 6.45) is 2.67. The van der Waals surface area contributed by atoms with Crippen molar-refractivity contribution in [1.29, 1.82) is 0 Å². The fourth-order valence-corrected chi connectivity index (χ4v) is 1.27. The Morgan fingerprint density at radius 2 is 2.27 bits per heavy atom. The molecule has 5 heteroatoms. The Hall–Kier alpha value is -1.00. The third-order valence-corrected chi connectivity index (χ3v) is 2.30. The van der Waals surface area contributed by atoms with Crippen molar-refractivity contribution in [3.63, 3.8) is 0 Å². The molecular formula is C10H16ClN3O. The molecule has 1 heterocycles.